The van der Waals surface area contributed by atoms with E-state index < -0.39 is 0 Å². The minimum Gasteiger partial charge on any atom is -0.352 e. The molecule has 0 aliphatic carbocycles. The number of benzene rings is 1. The molecule has 2 aromatic rings. The maximum absolute atomic E-state index is 12.3. The number of amides is 2. The summed E-state index contributed by atoms with van der Waals surface area (Å²) in [6.45, 7) is 4.23. The highest BCUT2D eigenvalue weighted by Crippen LogP contribution is 2.25. The zero-order valence-electron chi connectivity index (χ0n) is 14.1. The second-order valence-corrected chi connectivity index (χ2v) is 6.67. The lowest BCUT2D eigenvalue weighted by Crippen LogP contribution is -2.48. The molecule has 7 nitrogen and oxygen atoms in total. The van der Waals surface area contributed by atoms with Gasteiger partial charge in [-0.1, -0.05) is 23.2 Å². The molecule has 1 aliphatic heterocycles. The Labute approximate surface area is 160 Å². The second kappa shape index (κ2) is 7.88. The first kappa shape index (κ1) is 18.4. The molecule has 0 saturated carbocycles. The van der Waals surface area contributed by atoms with Crippen molar-refractivity contribution in [3.05, 3.63) is 46.1 Å². The Morgan fingerprint density at radius 3 is 2.31 bits per heavy atom. The zero-order chi connectivity index (χ0) is 18.7. The van der Waals surface area contributed by atoms with Crippen LogP contribution < -0.4 is 10.2 Å². The second-order valence-electron chi connectivity index (χ2n) is 5.85. The quantitative estimate of drug-likeness (QED) is 0.866. The van der Waals surface area contributed by atoms with Crippen LogP contribution in [0.15, 0.2) is 30.3 Å². The van der Waals surface area contributed by atoms with Gasteiger partial charge in [-0.15, -0.1) is 10.2 Å². The first-order chi connectivity index (χ1) is 12.4. The van der Waals surface area contributed by atoms with Crippen LogP contribution in [0.1, 0.15) is 17.4 Å². The topological polar surface area (TPSA) is 78.4 Å². The van der Waals surface area contributed by atoms with Gasteiger partial charge in [0.15, 0.2) is 11.5 Å². The van der Waals surface area contributed by atoms with Crippen molar-refractivity contribution in [2.45, 2.75) is 6.92 Å². The molecule has 0 bridgehead atoms. The molecule has 2 amide bonds. The van der Waals surface area contributed by atoms with E-state index in [4.69, 9.17) is 23.2 Å². The standard InChI is InChI=1S/C17H17Cl2N5O2/c1-11(25)23-6-8-24(9-7-23)16-5-4-15(21-22-16)17(26)20-12-2-3-13(18)14(19)10-12/h2-5,10H,6-9H2,1H3,(H,20,26). The van der Waals surface area contributed by atoms with E-state index in [1.54, 1.807) is 42.2 Å². The van der Waals surface area contributed by atoms with E-state index in [9.17, 15) is 9.59 Å². The van der Waals surface area contributed by atoms with E-state index in [1.165, 1.54) is 0 Å². The number of rotatable bonds is 3. The number of anilines is 2. The number of nitrogens with zero attached hydrogens (tertiary/aromatic N) is 4. The lowest BCUT2D eigenvalue weighted by molar-refractivity contribution is -0.129. The highest BCUT2D eigenvalue weighted by Gasteiger charge is 2.20. The van der Waals surface area contributed by atoms with Crippen molar-refractivity contribution in [3.8, 4) is 0 Å². The number of carbonyl (C=O) groups excluding carboxylic acids is 2. The Balaban J connectivity index is 1.63. The molecule has 1 saturated heterocycles. The van der Waals surface area contributed by atoms with E-state index in [0.29, 0.717) is 47.7 Å². The van der Waals surface area contributed by atoms with Gasteiger partial charge < -0.3 is 15.1 Å². The molecular formula is C17H17Cl2N5O2. The predicted octanol–water partition coefficient (Wildman–Crippen LogP) is 2.70. The number of aromatic nitrogens is 2. The Hall–Kier alpha value is -2.38. The summed E-state index contributed by atoms with van der Waals surface area (Å²) in [5, 5.41) is 11.6. The monoisotopic (exact) mass is 393 g/mol. The minimum absolute atomic E-state index is 0.0741. The summed E-state index contributed by atoms with van der Waals surface area (Å²) >= 11 is 11.8. The van der Waals surface area contributed by atoms with Gasteiger partial charge in [0.05, 0.1) is 10.0 Å². The van der Waals surface area contributed by atoms with Crippen LogP contribution in [-0.4, -0.2) is 53.1 Å². The molecule has 0 atom stereocenters. The molecule has 1 fully saturated rings. The summed E-state index contributed by atoms with van der Waals surface area (Å²) in [6, 6.07) is 8.20. The van der Waals surface area contributed by atoms with Gasteiger partial charge in [0.2, 0.25) is 5.91 Å². The maximum Gasteiger partial charge on any atom is 0.276 e. The summed E-state index contributed by atoms with van der Waals surface area (Å²) in [5.74, 6) is 0.369. The molecule has 1 N–H and O–H groups in total. The summed E-state index contributed by atoms with van der Waals surface area (Å²) < 4.78 is 0. The highest BCUT2D eigenvalue weighted by molar-refractivity contribution is 6.42. The Morgan fingerprint density at radius 2 is 1.73 bits per heavy atom. The van der Waals surface area contributed by atoms with Crippen molar-refractivity contribution < 1.29 is 9.59 Å². The highest BCUT2D eigenvalue weighted by atomic mass is 35.5. The van der Waals surface area contributed by atoms with Crippen molar-refractivity contribution in [2.75, 3.05) is 36.4 Å². The molecule has 0 radical (unpaired) electrons. The smallest absolute Gasteiger partial charge is 0.276 e. The van der Waals surface area contributed by atoms with Crippen molar-refractivity contribution in [1.29, 1.82) is 0 Å². The summed E-state index contributed by atoms with van der Waals surface area (Å²) in [5.41, 5.74) is 0.720. The van der Waals surface area contributed by atoms with Gasteiger partial charge in [-0.25, -0.2) is 0 Å². The van der Waals surface area contributed by atoms with E-state index in [2.05, 4.69) is 15.5 Å². The third kappa shape index (κ3) is 4.23. The van der Waals surface area contributed by atoms with Crippen LogP contribution in [0, 0.1) is 0 Å². The SMILES string of the molecule is CC(=O)N1CCN(c2ccc(C(=O)Nc3ccc(Cl)c(Cl)c3)nn2)CC1. The van der Waals surface area contributed by atoms with E-state index >= 15 is 0 Å². The van der Waals surface area contributed by atoms with E-state index in [1.807, 2.05) is 4.90 Å². The van der Waals surface area contributed by atoms with E-state index in [0.717, 1.165) is 0 Å². The fourth-order valence-electron chi connectivity index (χ4n) is 2.63. The predicted molar refractivity (Wildman–Crippen MR) is 101 cm³/mol. The normalized spacial score (nSPS) is 14.3. The van der Waals surface area contributed by atoms with Crippen LogP contribution >= 0.6 is 23.2 Å². The van der Waals surface area contributed by atoms with Gasteiger partial charge in [-0.2, -0.15) is 0 Å². The lowest BCUT2D eigenvalue weighted by Gasteiger charge is -2.34. The number of hydrogen-bond donors (Lipinski definition) is 1. The van der Waals surface area contributed by atoms with Crippen LogP contribution in [0.25, 0.3) is 0 Å². The van der Waals surface area contributed by atoms with Gasteiger partial charge in [0.25, 0.3) is 5.91 Å². The van der Waals surface area contributed by atoms with Crippen molar-refractivity contribution in [3.63, 3.8) is 0 Å². The minimum atomic E-state index is -0.385. The van der Waals surface area contributed by atoms with Gasteiger partial charge in [-0.05, 0) is 30.3 Å². The molecule has 2 heterocycles. The average molecular weight is 394 g/mol. The molecule has 0 spiro atoms. The number of piperazine rings is 1. The Kier molecular flexibility index (Phi) is 5.58. The van der Waals surface area contributed by atoms with Gasteiger partial charge in [0.1, 0.15) is 0 Å². The molecule has 1 aromatic heterocycles. The number of carbonyl (C=O) groups is 2. The summed E-state index contributed by atoms with van der Waals surface area (Å²) in [7, 11) is 0. The zero-order valence-corrected chi connectivity index (χ0v) is 15.6. The van der Waals surface area contributed by atoms with Crippen molar-refractivity contribution >= 4 is 46.5 Å². The van der Waals surface area contributed by atoms with Gasteiger partial charge >= 0.3 is 0 Å². The summed E-state index contributed by atoms with van der Waals surface area (Å²) in [6.07, 6.45) is 0. The number of hydrogen-bond acceptors (Lipinski definition) is 5. The Morgan fingerprint density at radius 1 is 1.00 bits per heavy atom. The molecule has 3 rings (SSSR count). The molecule has 9 heteroatoms. The largest absolute Gasteiger partial charge is 0.352 e. The fraction of sp³-hybridized carbons (Fsp3) is 0.294. The first-order valence-electron chi connectivity index (χ1n) is 8.04. The fourth-order valence-corrected chi connectivity index (χ4v) is 2.93. The van der Waals surface area contributed by atoms with Crippen LogP contribution in [0.3, 0.4) is 0 Å². The van der Waals surface area contributed by atoms with E-state index in [-0.39, 0.29) is 17.5 Å². The molecular weight excluding hydrogens is 377 g/mol. The molecule has 136 valence electrons. The number of nitrogens with one attached hydrogen (secondary N) is 1. The summed E-state index contributed by atoms with van der Waals surface area (Å²) in [4.78, 5) is 27.5. The van der Waals surface area contributed by atoms with Gasteiger partial charge in [-0.3, -0.25) is 9.59 Å². The first-order valence-corrected chi connectivity index (χ1v) is 8.80. The maximum atomic E-state index is 12.3. The van der Waals surface area contributed by atoms with Crippen molar-refractivity contribution in [2.24, 2.45) is 0 Å². The molecule has 0 unspecified atom stereocenters. The molecule has 1 aromatic carbocycles. The van der Waals surface area contributed by atoms with Crippen LogP contribution in [0.5, 0.6) is 0 Å². The van der Waals surface area contributed by atoms with Crippen LogP contribution in [0.2, 0.25) is 10.0 Å². The van der Waals surface area contributed by atoms with Crippen LogP contribution in [0.4, 0.5) is 11.5 Å². The van der Waals surface area contributed by atoms with Crippen LogP contribution in [-0.2, 0) is 4.79 Å². The molecule has 1 aliphatic rings. The average Bonchev–Trinajstić information content (AvgIpc) is 2.65. The van der Waals surface area contributed by atoms with Crippen molar-refractivity contribution in [1.82, 2.24) is 15.1 Å². The third-order valence-corrected chi connectivity index (χ3v) is 4.85. The Bertz CT molecular complexity index is 820. The number of halogens is 2. The third-order valence-electron chi connectivity index (χ3n) is 4.11. The van der Waals surface area contributed by atoms with Gasteiger partial charge in [0, 0.05) is 38.8 Å². The lowest BCUT2D eigenvalue weighted by atomic mass is 10.3. The molecule has 26 heavy (non-hydrogen) atoms.